The second-order valence-corrected chi connectivity index (χ2v) is 9.29. The highest BCUT2D eigenvalue weighted by Gasteiger charge is 2.45. The van der Waals surface area contributed by atoms with Crippen molar-refractivity contribution in [2.75, 3.05) is 20.8 Å². The maximum atomic E-state index is 14.3. The zero-order chi connectivity index (χ0) is 25.8. The number of hydrogen-bond acceptors (Lipinski definition) is 6. The van der Waals surface area contributed by atoms with Crippen molar-refractivity contribution in [2.45, 2.75) is 51.4 Å². The van der Waals surface area contributed by atoms with Gasteiger partial charge in [0.2, 0.25) is 0 Å². The number of ether oxygens (including phenoxy) is 3. The second kappa shape index (κ2) is 11.1. The number of rotatable bonds is 8. The van der Waals surface area contributed by atoms with Crippen molar-refractivity contribution in [2.24, 2.45) is 10.9 Å². The fraction of sp³-hybridized carbons (Fsp3) is 0.414. The van der Waals surface area contributed by atoms with Gasteiger partial charge >= 0.3 is 5.97 Å². The van der Waals surface area contributed by atoms with Crippen molar-refractivity contribution in [3.63, 3.8) is 0 Å². The van der Waals surface area contributed by atoms with Crippen molar-refractivity contribution in [1.29, 1.82) is 0 Å². The Morgan fingerprint density at radius 3 is 2.53 bits per heavy atom. The van der Waals surface area contributed by atoms with Gasteiger partial charge in [-0.3, -0.25) is 14.6 Å². The highest BCUT2D eigenvalue weighted by molar-refractivity contribution is 6.09. The summed E-state index contributed by atoms with van der Waals surface area (Å²) in [5.74, 6) is -1.24. The van der Waals surface area contributed by atoms with Crippen molar-refractivity contribution >= 4 is 17.5 Å². The Hall–Kier alpha value is -3.48. The number of nitrogens with zero attached hydrogens (tertiary/aromatic N) is 1. The molecule has 0 saturated carbocycles. The summed E-state index contributed by atoms with van der Waals surface area (Å²) in [4.78, 5) is 31.6. The molecular weight excluding hydrogens is 461 g/mol. The number of aliphatic imine (C=N–C) groups is 1. The molecule has 36 heavy (non-hydrogen) atoms. The molecule has 190 valence electrons. The van der Waals surface area contributed by atoms with Gasteiger partial charge in [0.05, 0.1) is 20.8 Å². The van der Waals surface area contributed by atoms with Gasteiger partial charge in [-0.15, -0.1) is 0 Å². The summed E-state index contributed by atoms with van der Waals surface area (Å²) >= 11 is 0. The fourth-order valence-corrected chi connectivity index (χ4v) is 5.17. The van der Waals surface area contributed by atoms with E-state index in [1.54, 1.807) is 33.3 Å². The molecule has 2 aromatic carbocycles. The Morgan fingerprint density at radius 2 is 1.83 bits per heavy atom. The molecule has 0 amide bonds. The van der Waals surface area contributed by atoms with Crippen LogP contribution in [0.15, 0.2) is 58.7 Å². The summed E-state index contributed by atoms with van der Waals surface area (Å²) in [5.41, 5.74) is 3.23. The third kappa shape index (κ3) is 5.06. The van der Waals surface area contributed by atoms with E-state index >= 15 is 0 Å². The van der Waals surface area contributed by atoms with E-state index in [1.165, 1.54) is 12.1 Å². The third-order valence-electron chi connectivity index (χ3n) is 6.97. The summed E-state index contributed by atoms with van der Waals surface area (Å²) in [7, 11) is 3.15. The number of halogens is 1. The summed E-state index contributed by atoms with van der Waals surface area (Å²) in [5, 5.41) is 0. The Labute approximate surface area is 211 Å². The van der Waals surface area contributed by atoms with Gasteiger partial charge in [0.1, 0.15) is 11.7 Å². The summed E-state index contributed by atoms with van der Waals surface area (Å²) in [6, 6.07) is 11.8. The van der Waals surface area contributed by atoms with Gasteiger partial charge in [-0.05, 0) is 61.1 Å². The lowest BCUT2D eigenvalue weighted by Gasteiger charge is -2.36. The van der Waals surface area contributed by atoms with E-state index in [-0.39, 0.29) is 18.1 Å². The number of unbranched alkanes of at least 4 members (excludes halogenated alkanes) is 1. The Balaban J connectivity index is 1.74. The molecule has 6 nitrogen and oxygen atoms in total. The zero-order valence-corrected chi connectivity index (χ0v) is 21.2. The molecule has 0 N–H and O–H groups in total. The summed E-state index contributed by atoms with van der Waals surface area (Å²) in [6.07, 6.45) is 2.42. The van der Waals surface area contributed by atoms with Crippen molar-refractivity contribution in [3.05, 3.63) is 70.7 Å². The maximum Gasteiger partial charge on any atom is 0.315 e. The smallest absolute Gasteiger partial charge is 0.315 e. The van der Waals surface area contributed by atoms with Crippen LogP contribution in [0.3, 0.4) is 0 Å². The molecule has 7 heteroatoms. The highest BCUT2D eigenvalue weighted by atomic mass is 19.1. The molecular formula is C29H32FNO5. The molecule has 3 atom stereocenters. The SMILES string of the molecule is CCCCOC(=O)C1C(C)=NC2=C(C(=O)C[C@H](c3ccc(OC)c(OC)c3)C2)[C@@H]1c1cccc(F)c1. The minimum atomic E-state index is -0.774. The first kappa shape index (κ1) is 25.6. The average Bonchev–Trinajstić information content (AvgIpc) is 2.87. The molecule has 1 aliphatic heterocycles. The summed E-state index contributed by atoms with van der Waals surface area (Å²) < 4.78 is 30.6. The first-order valence-electron chi connectivity index (χ1n) is 12.3. The van der Waals surface area contributed by atoms with Crippen molar-refractivity contribution in [3.8, 4) is 11.5 Å². The molecule has 2 aliphatic rings. The number of methoxy groups -OCH3 is 2. The normalized spacial score (nSPS) is 21.5. The van der Waals surface area contributed by atoms with Crippen LogP contribution in [0.25, 0.3) is 0 Å². The number of benzene rings is 2. The molecule has 1 aliphatic carbocycles. The number of allylic oxidation sites excluding steroid dienone is 2. The monoisotopic (exact) mass is 493 g/mol. The Kier molecular flexibility index (Phi) is 7.87. The predicted octanol–water partition coefficient (Wildman–Crippen LogP) is 5.76. The molecule has 0 fully saturated rings. The average molecular weight is 494 g/mol. The van der Waals surface area contributed by atoms with E-state index in [4.69, 9.17) is 19.2 Å². The lowest BCUT2D eigenvalue weighted by atomic mass is 9.69. The van der Waals surface area contributed by atoms with Crippen LogP contribution in [0.5, 0.6) is 11.5 Å². The maximum absolute atomic E-state index is 14.3. The van der Waals surface area contributed by atoms with Gasteiger partial charge in [-0.25, -0.2) is 4.39 Å². The third-order valence-corrected chi connectivity index (χ3v) is 6.97. The van der Waals surface area contributed by atoms with E-state index in [0.717, 1.165) is 18.4 Å². The van der Waals surface area contributed by atoms with Gasteiger partial charge in [0.15, 0.2) is 17.3 Å². The molecule has 1 unspecified atom stereocenters. The lowest BCUT2D eigenvalue weighted by molar-refractivity contribution is -0.146. The Morgan fingerprint density at radius 1 is 1.06 bits per heavy atom. The van der Waals surface area contributed by atoms with Crippen LogP contribution in [0.1, 0.15) is 62.5 Å². The highest BCUT2D eigenvalue weighted by Crippen LogP contribution is 2.47. The number of carbonyl (C=O) groups excluding carboxylic acids is 2. The van der Waals surface area contributed by atoms with Crippen LogP contribution in [0.4, 0.5) is 4.39 Å². The predicted molar refractivity (Wildman–Crippen MR) is 135 cm³/mol. The standard InChI is InChI=1S/C29H32FNO5/c1-5-6-12-36-29(33)26-17(2)31-22-14-20(18-10-11-24(34-3)25(16-18)35-4)15-23(32)28(22)27(26)19-8-7-9-21(30)13-19/h7-11,13,16,20,26-27H,5-6,12,14-15H2,1-4H3/t20-,26?,27-/m1/s1. The van der Waals surface area contributed by atoms with Crippen LogP contribution in [-0.2, 0) is 14.3 Å². The van der Waals surface area contributed by atoms with Crippen molar-refractivity contribution in [1.82, 2.24) is 0 Å². The van der Waals surface area contributed by atoms with E-state index in [2.05, 4.69) is 0 Å². The minimum Gasteiger partial charge on any atom is -0.493 e. The zero-order valence-electron chi connectivity index (χ0n) is 21.2. The number of hydrogen-bond donors (Lipinski definition) is 0. The van der Waals surface area contributed by atoms with Crippen LogP contribution < -0.4 is 9.47 Å². The van der Waals surface area contributed by atoms with Crippen LogP contribution in [-0.4, -0.2) is 38.3 Å². The molecule has 0 spiro atoms. The molecule has 0 radical (unpaired) electrons. The summed E-state index contributed by atoms with van der Waals surface area (Å²) in [6.45, 7) is 4.10. The van der Waals surface area contributed by atoms with E-state index < -0.39 is 23.6 Å². The van der Waals surface area contributed by atoms with Crippen molar-refractivity contribution < 1.29 is 28.2 Å². The van der Waals surface area contributed by atoms with Crippen LogP contribution in [0.2, 0.25) is 0 Å². The topological polar surface area (TPSA) is 74.2 Å². The number of ketones is 1. The van der Waals surface area contributed by atoms with E-state index in [1.807, 2.05) is 25.1 Å². The lowest BCUT2D eigenvalue weighted by Crippen LogP contribution is -2.38. The molecule has 4 rings (SSSR count). The first-order chi connectivity index (χ1) is 17.4. The van der Waals surface area contributed by atoms with Gasteiger partial charge < -0.3 is 14.2 Å². The molecule has 0 aromatic heterocycles. The van der Waals surface area contributed by atoms with Gasteiger partial charge in [0.25, 0.3) is 0 Å². The molecule has 0 bridgehead atoms. The first-order valence-corrected chi connectivity index (χ1v) is 12.3. The van der Waals surface area contributed by atoms with E-state index in [0.29, 0.717) is 47.1 Å². The minimum absolute atomic E-state index is 0.0899. The van der Waals surface area contributed by atoms with E-state index in [9.17, 15) is 14.0 Å². The molecule has 0 saturated heterocycles. The van der Waals surface area contributed by atoms with Gasteiger partial charge in [-0.2, -0.15) is 0 Å². The Bertz CT molecular complexity index is 1220. The van der Waals surface area contributed by atoms with Crippen LogP contribution >= 0.6 is 0 Å². The number of esters is 1. The van der Waals surface area contributed by atoms with Gasteiger partial charge in [0, 0.05) is 29.3 Å². The molecule has 2 aromatic rings. The second-order valence-electron chi connectivity index (χ2n) is 9.29. The fourth-order valence-electron chi connectivity index (χ4n) is 5.17. The van der Waals surface area contributed by atoms with Gasteiger partial charge in [-0.1, -0.05) is 31.5 Å². The number of Topliss-reactive ketones (excluding diaryl/α,β-unsaturated/α-hetero) is 1. The number of carbonyl (C=O) groups is 2. The van der Waals surface area contributed by atoms with Crippen LogP contribution in [0, 0.1) is 11.7 Å². The molecule has 1 heterocycles. The largest absolute Gasteiger partial charge is 0.493 e. The quantitative estimate of drug-likeness (QED) is 0.345.